The molecular weight excluding hydrogens is 529 g/mol. The van der Waals surface area contributed by atoms with Gasteiger partial charge in [-0.25, -0.2) is 14.4 Å². The van der Waals surface area contributed by atoms with Gasteiger partial charge in [-0.3, -0.25) is 9.59 Å². The van der Waals surface area contributed by atoms with Gasteiger partial charge >= 0.3 is 36.0 Å². The lowest BCUT2D eigenvalue weighted by Crippen LogP contribution is -2.47. The number of carboxylic acids is 3. The first-order chi connectivity index (χ1) is 18.1. The van der Waals surface area contributed by atoms with Crippen LogP contribution in [0.1, 0.15) is 17.5 Å². The normalized spacial score (nSPS) is 14.0. The maximum absolute atomic E-state index is 12.3. The average molecular weight is 556 g/mol. The summed E-state index contributed by atoms with van der Waals surface area (Å²) in [6.07, 6.45) is -5.24. The van der Waals surface area contributed by atoms with E-state index >= 15 is 0 Å². The molecule has 14 heteroatoms. The number of benzene rings is 2. The molecule has 0 saturated heterocycles. The molecule has 39 heavy (non-hydrogen) atoms. The van der Waals surface area contributed by atoms with E-state index in [1.54, 1.807) is 60.7 Å². The summed E-state index contributed by atoms with van der Waals surface area (Å²) < 4.78 is 36.4. The number of carbonyl (C=O) groups is 5. The number of carboxylic acid groups (broad SMARTS) is 3. The Hall–Kier alpha value is -4.30. The van der Waals surface area contributed by atoms with Crippen LogP contribution in [-0.4, -0.2) is 63.4 Å². The molecule has 0 radical (unpaired) electrons. The van der Waals surface area contributed by atoms with E-state index in [-0.39, 0.29) is 19.3 Å². The summed E-state index contributed by atoms with van der Waals surface area (Å²) in [7, 11) is 0. The molecule has 2 aromatic rings. The fourth-order valence-corrected chi connectivity index (χ4v) is 3.22. The van der Waals surface area contributed by atoms with Crippen molar-refractivity contribution in [1.29, 1.82) is 0 Å². The second-order valence-corrected chi connectivity index (χ2v) is 8.27. The van der Waals surface area contributed by atoms with Gasteiger partial charge in [0.05, 0.1) is 11.8 Å². The van der Waals surface area contributed by atoms with Crippen molar-refractivity contribution < 1.29 is 57.2 Å². The van der Waals surface area contributed by atoms with Crippen molar-refractivity contribution >= 4 is 29.8 Å². The Morgan fingerprint density at radius 1 is 0.744 bits per heavy atom. The number of halogens is 3. The molecule has 2 aromatic carbocycles. The number of carbonyl (C=O) groups excluding carboxylic acids is 2. The lowest BCUT2D eigenvalue weighted by molar-refractivity contribution is -0.192. The number of ether oxygens (including phenoxy) is 1. The van der Waals surface area contributed by atoms with Crippen LogP contribution >= 0.6 is 0 Å². The number of alkyl halides is 3. The molecule has 0 aliphatic carbocycles. The molecule has 0 aliphatic heterocycles. The van der Waals surface area contributed by atoms with Gasteiger partial charge in [0.15, 0.2) is 0 Å². The van der Waals surface area contributed by atoms with Crippen LogP contribution in [-0.2, 0) is 41.6 Å². The zero-order valence-corrected chi connectivity index (χ0v) is 20.3. The maximum atomic E-state index is 12.3. The average Bonchev–Trinajstić information content (AvgIpc) is 2.87. The van der Waals surface area contributed by atoms with E-state index < -0.39 is 59.9 Å². The van der Waals surface area contributed by atoms with E-state index in [4.69, 9.17) is 21.4 Å². The first kappa shape index (κ1) is 32.7. The molecule has 7 N–H and O–H groups in total. The van der Waals surface area contributed by atoms with Crippen LogP contribution in [0, 0.1) is 11.8 Å². The van der Waals surface area contributed by atoms with Crippen molar-refractivity contribution in [2.45, 2.75) is 37.5 Å². The number of aliphatic carboxylic acids is 3. The molecule has 2 rings (SSSR count). The molecular formula is C25H27F3N2O9. The Labute approximate surface area is 220 Å². The number of esters is 2. The van der Waals surface area contributed by atoms with Crippen molar-refractivity contribution in [1.82, 2.24) is 0 Å². The monoisotopic (exact) mass is 556 g/mol. The highest BCUT2D eigenvalue weighted by atomic mass is 19.4. The third-order valence-electron chi connectivity index (χ3n) is 5.28. The van der Waals surface area contributed by atoms with E-state index in [2.05, 4.69) is 4.74 Å². The molecule has 0 saturated carbocycles. The summed E-state index contributed by atoms with van der Waals surface area (Å²) in [6, 6.07) is 14.4. The number of hydrogen-bond donors (Lipinski definition) is 5. The zero-order valence-electron chi connectivity index (χ0n) is 20.3. The fourth-order valence-electron chi connectivity index (χ4n) is 3.22. The second kappa shape index (κ2) is 15.2. The SMILES string of the molecule is N[C@H](C(=O)OC(=O)[C@@H](N)CC(Cc1ccccc1)C(=O)O)C(Cc1ccccc1)C(=O)O.O=C(O)C(F)(F)F. The Morgan fingerprint density at radius 3 is 1.56 bits per heavy atom. The minimum Gasteiger partial charge on any atom is -0.481 e. The second-order valence-electron chi connectivity index (χ2n) is 8.27. The highest BCUT2D eigenvalue weighted by Gasteiger charge is 2.38. The largest absolute Gasteiger partial charge is 0.490 e. The molecule has 0 aliphatic rings. The van der Waals surface area contributed by atoms with Gasteiger partial charge in [0.1, 0.15) is 12.1 Å². The highest BCUT2D eigenvalue weighted by molar-refractivity contribution is 5.93. The zero-order chi connectivity index (χ0) is 29.8. The molecule has 0 fully saturated rings. The summed E-state index contributed by atoms with van der Waals surface area (Å²) in [5.74, 6) is -9.91. The Bertz CT molecular complexity index is 1130. The number of rotatable bonds is 11. The summed E-state index contributed by atoms with van der Waals surface area (Å²) in [4.78, 5) is 56.6. The molecule has 0 aromatic heterocycles. The molecule has 0 amide bonds. The summed E-state index contributed by atoms with van der Waals surface area (Å²) >= 11 is 0. The lowest BCUT2D eigenvalue weighted by Gasteiger charge is -2.20. The van der Waals surface area contributed by atoms with Crippen LogP contribution in [0.15, 0.2) is 60.7 Å². The van der Waals surface area contributed by atoms with Crippen LogP contribution in [0.2, 0.25) is 0 Å². The van der Waals surface area contributed by atoms with Crippen molar-refractivity contribution in [3.63, 3.8) is 0 Å². The predicted molar refractivity (Wildman–Crippen MR) is 128 cm³/mol. The highest BCUT2D eigenvalue weighted by Crippen LogP contribution is 2.17. The molecule has 212 valence electrons. The van der Waals surface area contributed by atoms with E-state index in [1.807, 2.05) is 0 Å². The van der Waals surface area contributed by atoms with Crippen LogP contribution in [0.3, 0.4) is 0 Å². The minimum atomic E-state index is -5.08. The van der Waals surface area contributed by atoms with Gasteiger partial charge in [0.2, 0.25) is 0 Å². The standard InChI is InChI=1S/C23H26N2O7.C2HF3O2/c24-18(13-16(20(26)27)11-14-7-3-1-4-8-14)22(30)32-23(31)19(25)17(21(28)29)12-15-9-5-2-6-10-15;3-2(4,5)1(6)7/h1-10,16-19H,11-13,24-25H2,(H,26,27)(H,28,29);(H,6,7)/t16?,17?,18-,19-;/m0./s1. The van der Waals surface area contributed by atoms with Gasteiger partial charge in [-0.15, -0.1) is 0 Å². The van der Waals surface area contributed by atoms with Crippen molar-refractivity contribution in [3.05, 3.63) is 71.8 Å². The van der Waals surface area contributed by atoms with E-state index in [1.165, 1.54) is 0 Å². The molecule has 2 unspecified atom stereocenters. The van der Waals surface area contributed by atoms with Gasteiger partial charge < -0.3 is 31.5 Å². The van der Waals surface area contributed by atoms with Crippen LogP contribution in [0.4, 0.5) is 13.2 Å². The number of hydrogen-bond acceptors (Lipinski definition) is 8. The van der Waals surface area contributed by atoms with Gasteiger partial charge in [0.25, 0.3) is 0 Å². The third kappa shape index (κ3) is 11.7. The summed E-state index contributed by atoms with van der Waals surface area (Å²) in [5.41, 5.74) is 12.9. The van der Waals surface area contributed by atoms with Gasteiger partial charge in [-0.1, -0.05) is 60.7 Å². The van der Waals surface area contributed by atoms with Crippen molar-refractivity contribution in [3.8, 4) is 0 Å². The molecule has 0 heterocycles. The topological polar surface area (TPSA) is 207 Å². The minimum absolute atomic E-state index is 0.0369. The van der Waals surface area contributed by atoms with E-state index in [0.717, 1.165) is 5.56 Å². The maximum Gasteiger partial charge on any atom is 0.490 e. The summed E-state index contributed by atoms with van der Waals surface area (Å²) in [6.45, 7) is 0. The van der Waals surface area contributed by atoms with Crippen LogP contribution in [0.5, 0.6) is 0 Å². The van der Waals surface area contributed by atoms with E-state index in [0.29, 0.717) is 5.56 Å². The predicted octanol–water partition coefficient (Wildman–Crippen LogP) is 1.62. The molecule has 11 nitrogen and oxygen atoms in total. The summed E-state index contributed by atoms with van der Waals surface area (Å²) in [5, 5.41) is 26.0. The Kier molecular flexibility index (Phi) is 12.8. The molecule has 0 spiro atoms. The van der Waals surface area contributed by atoms with Crippen molar-refractivity contribution in [2.24, 2.45) is 23.3 Å². The first-order valence-electron chi connectivity index (χ1n) is 11.2. The fraction of sp³-hybridized carbons (Fsp3) is 0.320. The first-order valence-corrected chi connectivity index (χ1v) is 11.2. The van der Waals surface area contributed by atoms with Gasteiger partial charge in [-0.05, 0) is 30.4 Å². The van der Waals surface area contributed by atoms with Crippen LogP contribution in [0.25, 0.3) is 0 Å². The third-order valence-corrected chi connectivity index (χ3v) is 5.28. The van der Waals surface area contributed by atoms with Gasteiger partial charge in [0, 0.05) is 0 Å². The van der Waals surface area contributed by atoms with Crippen LogP contribution < -0.4 is 11.5 Å². The van der Waals surface area contributed by atoms with Gasteiger partial charge in [-0.2, -0.15) is 13.2 Å². The van der Waals surface area contributed by atoms with E-state index in [9.17, 15) is 42.6 Å². The lowest BCUT2D eigenvalue weighted by atomic mass is 9.92. The quantitative estimate of drug-likeness (QED) is 0.198. The Balaban J connectivity index is 0.000000956. The molecule has 4 atom stereocenters. The molecule has 0 bridgehead atoms. The number of nitrogens with two attached hydrogens (primary N) is 2. The Morgan fingerprint density at radius 2 is 1.18 bits per heavy atom. The van der Waals surface area contributed by atoms with Crippen molar-refractivity contribution in [2.75, 3.05) is 0 Å². The smallest absolute Gasteiger partial charge is 0.481 e.